The lowest BCUT2D eigenvalue weighted by Gasteiger charge is -2.05. The lowest BCUT2D eigenvalue weighted by atomic mass is 10.1. The summed E-state index contributed by atoms with van der Waals surface area (Å²) in [6, 6.07) is 0. The van der Waals surface area contributed by atoms with Crippen LogP contribution in [0.25, 0.3) is 0 Å². The Labute approximate surface area is 76.3 Å². The maximum absolute atomic E-state index is 10.1. The molecule has 3 heteroatoms. The minimum absolute atomic E-state index is 0.489. The minimum Gasteiger partial charge on any atom is -0.384 e. The summed E-state index contributed by atoms with van der Waals surface area (Å²) in [7, 11) is 0. The minimum atomic E-state index is -0.503. The van der Waals surface area contributed by atoms with Gasteiger partial charge in [0, 0.05) is 6.20 Å². The van der Waals surface area contributed by atoms with Gasteiger partial charge in [0.25, 0.3) is 0 Å². The van der Waals surface area contributed by atoms with Crippen molar-refractivity contribution in [3.63, 3.8) is 0 Å². The van der Waals surface area contributed by atoms with E-state index in [2.05, 4.69) is 11.9 Å². The Morgan fingerprint density at radius 2 is 2.67 bits per heavy atom. The standard InChI is InChI=1S/C9H13NOS/c1-2-3-7-4-9(7,11)8-5-10-6-12-8/h5-7,11H,2-4H2,1H3. The average Bonchev–Trinajstić information content (AvgIpc) is 2.57. The third kappa shape index (κ3) is 1.17. The molecule has 1 N–H and O–H groups in total. The molecule has 0 spiro atoms. The molecule has 1 heterocycles. The lowest BCUT2D eigenvalue weighted by Crippen LogP contribution is -2.05. The van der Waals surface area contributed by atoms with E-state index < -0.39 is 5.60 Å². The summed E-state index contributed by atoms with van der Waals surface area (Å²) in [5, 5.41) is 10.1. The van der Waals surface area contributed by atoms with Crippen molar-refractivity contribution in [3.05, 3.63) is 16.6 Å². The SMILES string of the molecule is CCCC1CC1(O)c1cncs1. The zero-order chi connectivity index (χ0) is 8.60. The average molecular weight is 183 g/mol. The smallest absolute Gasteiger partial charge is 0.104 e. The van der Waals surface area contributed by atoms with Crippen molar-refractivity contribution >= 4 is 11.3 Å². The Bertz CT molecular complexity index is 260. The first-order valence-corrected chi connectivity index (χ1v) is 5.26. The molecule has 2 nitrogen and oxygen atoms in total. The summed E-state index contributed by atoms with van der Waals surface area (Å²) >= 11 is 1.56. The number of hydrogen-bond donors (Lipinski definition) is 1. The van der Waals surface area contributed by atoms with Crippen molar-refractivity contribution in [1.29, 1.82) is 0 Å². The molecule has 2 rings (SSSR count). The van der Waals surface area contributed by atoms with E-state index in [0.717, 1.165) is 24.1 Å². The molecular formula is C9H13NOS. The predicted molar refractivity (Wildman–Crippen MR) is 49.0 cm³/mol. The van der Waals surface area contributed by atoms with Crippen LogP contribution in [-0.4, -0.2) is 10.1 Å². The van der Waals surface area contributed by atoms with E-state index in [4.69, 9.17) is 0 Å². The van der Waals surface area contributed by atoms with Crippen LogP contribution in [-0.2, 0) is 5.60 Å². The van der Waals surface area contributed by atoms with Crippen LogP contribution < -0.4 is 0 Å². The van der Waals surface area contributed by atoms with Gasteiger partial charge in [-0.3, -0.25) is 4.98 Å². The molecule has 1 fully saturated rings. The van der Waals surface area contributed by atoms with Crippen LogP contribution in [0.4, 0.5) is 0 Å². The van der Waals surface area contributed by atoms with Gasteiger partial charge in [0.05, 0.1) is 10.4 Å². The molecule has 0 bridgehead atoms. The van der Waals surface area contributed by atoms with Gasteiger partial charge < -0.3 is 5.11 Å². The molecule has 1 saturated carbocycles. The van der Waals surface area contributed by atoms with Gasteiger partial charge in [0.1, 0.15) is 5.60 Å². The third-order valence-corrected chi connectivity index (χ3v) is 3.51. The van der Waals surface area contributed by atoms with E-state index in [-0.39, 0.29) is 0 Å². The van der Waals surface area contributed by atoms with Gasteiger partial charge in [-0.2, -0.15) is 0 Å². The van der Waals surface area contributed by atoms with Gasteiger partial charge in [-0.05, 0) is 18.8 Å². The van der Waals surface area contributed by atoms with Crippen LogP contribution in [0, 0.1) is 5.92 Å². The second kappa shape index (κ2) is 2.82. The van der Waals surface area contributed by atoms with Crippen molar-refractivity contribution in [2.75, 3.05) is 0 Å². The largest absolute Gasteiger partial charge is 0.384 e. The van der Waals surface area contributed by atoms with E-state index >= 15 is 0 Å². The Kier molecular flexibility index (Phi) is 1.93. The molecular weight excluding hydrogens is 170 g/mol. The van der Waals surface area contributed by atoms with Gasteiger partial charge in [0.15, 0.2) is 0 Å². The fourth-order valence-electron chi connectivity index (χ4n) is 1.74. The van der Waals surface area contributed by atoms with Crippen molar-refractivity contribution < 1.29 is 5.11 Å². The molecule has 1 aromatic rings. The zero-order valence-corrected chi connectivity index (χ0v) is 7.97. The first-order valence-electron chi connectivity index (χ1n) is 4.38. The maximum Gasteiger partial charge on any atom is 0.104 e. The summed E-state index contributed by atoms with van der Waals surface area (Å²) in [4.78, 5) is 5.02. The van der Waals surface area contributed by atoms with Gasteiger partial charge >= 0.3 is 0 Å². The molecule has 66 valence electrons. The highest BCUT2D eigenvalue weighted by atomic mass is 32.1. The Balaban J connectivity index is 2.07. The molecule has 0 amide bonds. The van der Waals surface area contributed by atoms with E-state index in [0.29, 0.717) is 5.92 Å². The Morgan fingerprint density at radius 3 is 3.25 bits per heavy atom. The summed E-state index contributed by atoms with van der Waals surface area (Å²) in [5.41, 5.74) is 1.28. The van der Waals surface area contributed by atoms with Crippen LogP contribution in [0.3, 0.4) is 0 Å². The van der Waals surface area contributed by atoms with E-state index in [9.17, 15) is 5.11 Å². The first-order chi connectivity index (χ1) is 5.77. The first kappa shape index (κ1) is 8.20. The van der Waals surface area contributed by atoms with Crippen molar-refractivity contribution in [3.8, 4) is 0 Å². The van der Waals surface area contributed by atoms with Gasteiger partial charge in [-0.15, -0.1) is 11.3 Å². The molecule has 2 atom stereocenters. The number of rotatable bonds is 3. The van der Waals surface area contributed by atoms with Crippen molar-refractivity contribution in [1.82, 2.24) is 4.98 Å². The number of thiazole rings is 1. The molecule has 0 aromatic carbocycles. The quantitative estimate of drug-likeness (QED) is 0.779. The third-order valence-electron chi connectivity index (χ3n) is 2.57. The molecule has 1 aliphatic rings. The van der Waals surface area contributed by atoms with Gasteiger partial charge in [-0.25, -0.2) is 0 Å². The topological polar surface area (TPSA) is 33.1 Å². The number of aromatic nitrogens is 1. The number of aliphatic hydroxyl groups is 1. The summed E-state index contributed by atoms with van der Waals surface area (Å²) in [5.74, 6) is 0.489. The molecule has 0 aliphatic heterocycles. The van der Waals surface area contributed by atoms with Crippen LogP contribution in [0.5, 0.6) is 0 Å². The monoisotopic (exact) mass is 183 g/mol. The fourth-order valence-corrected chi connectivity index (χ4v) is 2.55. The highest BCUT2D eigenvalue weighted by molar-refractivity contribution is 7.09. The summed E-state index contributed by atoms with van der Waals surface area (Å²) in [6.45, 7) is 2.16. The molecule has 0 radical (unpaired) electrons. The molecule has 1 aromatic heterocycles. The van der Waals surface area contributed by atoms with Crippen LogP contribution >= 0.6 is 11.3 Å². The van der Waals surface area contributed by atoms with Crippen LogP contribution in [0.15, 0.2) is 11.7 Å². The second-order valence-corrected chi connectivity index (χ2v) is 4.37. The molecule has 12 heavy (non-hydrogen) atoms. The molecule has 1 aliphatic carbocycles. The Morgan fingerprint density at radius 1 is 1.83 bits per heavy atom. The Hall–Kier alpha value is -0.410. The van der Waals surface area contributed by atoms with E-state index in [1.54, 1.807) is 23.0 Å². The highest BCUT2D eigenvalue weighted by Gasteiger charge is 2.54. The second-order valence-electron chi connectivity index (χ2n) is 3.48. The van der Waals surface area contributed by atoms with Crippen LogP contribution in [0.2, 0.25) is 0 Å². The molecule has 2 unspecified atom stereocenters. The lowest BCUT2D eigenvalue weighted by molar-refractivity contribution is 0.133. The van der Waals surface area contributed by atoms with E-state index in [1.807, 2.05) is 0 Å². The molecule has 0 saturated heterocycles. The fraction of sp³-hybridized carbons (Fsp3) is 0.667. The summed E-state index contributed by atoms with van der Waals surface area (Å²) in [6.07, 6.45) is 5.02. The van der Waals surface area contributed by atoms with Gasteiger partial charge in [0.2, 0.25) is 0 Å². The number of nitrogens with zero attached hydrogens (tertiary/aromatic N) is 1. The van der Waals surface area contributed by atoms with Crippen LogP contribution in [0.1, 0.15) is 31.1 Å². The zero-order valence-electron chi connectivity index (χ0n) is 7.16. The maximum atomic E-state index is 10.1. The van der Waals surface area contributed by atoms with Gasteiger partial charge in [-0.1, -0.05) is 13.3 Å². The highest BCUT2D eigenvalue weighted by Crippen LogP contribution is 2.55. The van der Waals surface area contributed by atoms with Crippen molar-refractivity contribution in [2.24, 2.45) is 5.92 Å². The van der Waals surface area contributed by atoms with Crippen molar-refractivity contribution in [2.45, 2.75) is 31.8 Å². The van der Waals surface area contributed by atoms with E-state index in [1.165, 1.54) is 0 Å². The number of hydrogen-bond acceptors (Lipinski definition) is 3. The predicted octanol–water partition coefficient (Wildman–Crippen LogP) is 2.15. The summed E-state index contributed by atoms with van der Waals surface area (Å²) < 4.78 is 0. The normalized spacial score (nSPS) is 33.7.